The van der Waals surface area contributed by atoms with Crippen LogP contribution in [0.4, 0.5) is 0 Å². The number of aromatic hydroxyl groups is 2. The molecule has 3 rings (SSSR count). The van der Waals surface area contributed by atoms with Gasteiger partial charge in [0, 0.05) is 11.1 Å². The molecule has 0 atom stereocenters. The summed E-state index contributed by atoms with van der Waals surface area (Å²) in [6.45, 7) is 2.22. The summed E-state index contributed by atoms with van der Waals surface area (Å²) >= 11 is 0. The number of hydrogen-bond acceptors (Lipinski definition) is 4. The van der Waals surface area contributed by atoms with Gasteiger partial charge in [0.2, 0.25) is 0 Å². The van der Waals surface area contributed by atoms with Gasteiger partial charge in [-0.1, -0.05) is 24.3 Å². The van der Waals surface area contributed by atoms with Gasteiger partial charge < -0.3 is 15.1 Å². The third-order valence-corrected chi connectivity index (χ3v) is 4.60. The molecule has 120 valence electrons. The molecule has 2 N–H and O–H groups in total. The van der Waals surface area contributed by atoms with Crippen LogP contribution in [0.2, 0.25) is 0 Å². The highest BCUT2D eigenvalue weighted by Gasteiger charge is 2.19. The average Bonchev–Trinajstić information content (AvgIpc) is 2.57. The van der Waals surface area contributed by atoms with Gasteiger partial charge in [0.1, 0.15) is 0 Å². The van der Waals surface area contributed by atoms with Crippen molar-refractivity contribution in [2.75, 3.05) is 20.1 Å². The van der Waals surface area contributed by atoms with Gasteiger partial charge in [-0.25, -0.2) is 0 Å². The third-order valence-electron chi connectivity index (χ3n) is 4.60. The lowest BCUT2D eigenvalue weighted by atomic mass is 9.88. The number of nitrogens with zero attached hydrogens (tertiary/aromatic N) is 1. The second kappa shape index (κ2) is 6.42. The molecule has 1 heterocycles. The largest absolute Gasteiger partial charge is 0.504 e. The number of ketones is 1. The summed E-state index contributed by atoms with van der Waals surface area (Å²) in [5.41, 5.74) is 2.24. The lowest BCUT2D eigenvalue weighted by Crippen LogP contribution is -2.29. The highest BCUT2D eigenvalue weighted by atomic mass is 16.3. The fraction of sp³-hybridized carbons (Fsp3) is 0.316. The van der Waals surface area contributed by atoms with E-state index < -0.39 is 0 Å². The summed E-state index contributed by atoms with van der Waals surface area (Å²) < 4.78 is 0. The van der Waals surface area contributed by atoms with E-state index in [0.717, 1.165) is 25.9 Å². The maximum atomic E-state index is 12.4. The summed E-state index contributed by atoms with van der Waals surface area (Å²) in [6.07, 6.45) is 2.30. The highest BCUT2D eigenvalue weighted by Crippen LogP contribution is 2.29. The van der Waals surface area contributed by atoms with Crippen molar-refractivity contribution in [2.45, 2.75) is 18.8 Å². The van der Waals surface area contributed by atoms with Crippen molar-refractivity contribution in [1.82, 2.24) is 4.90 Å². The van der Waals surface area contributed by atoms with Gasteiger partial charge in [-0.15, -0.1) is 0 Å². The van der Waals surface area contributed by atoms with Crippen LogP contribution < -0.4 is 0 Å². The van der Waals surface area contributed by atoms with Crippen molar-refractivity contribution in [3.63, 3.8) is 0 Å². The van der Waals surface area contributed by atoms with Gasteiger partial charge >= 0.3 is 0 Å². The van der Waals surface area contributed by atoms with E-state index in [9.17, 15) is 15.0 Å². The number of hydrogen-bond donors (Lipinski definition) is 2. The fourth-order valence-electron chi connectivity index (χ4n) is 3.08. The Balaban J connectivity index is 1.76. The summed E-state index contributed by atoms with van der Waals surface area (Å²) in [4.78, 5) is 14.8. The van der Waals surface area contributed by atoms with Gasteiger partial charge in [-0.3, -0.25) is 4.79 Å². The summed E-state index contributed by atoms with van der Waals surface area (Å²) in [5, 5.41) is 18.9. The van der Waals surface area contributed by atoms with Crippen molar-refractivity contribution < 1.29 is 15.0 Å². The lowest BCUT2D eigenvalue weighted by Gasteiger charge is -2.29. The smallest absolute Gasteiger partial charge is 0.193 e. The monoisotopic (exact) mass is 311 g/mol. The van der Waals surface area contributed by atoms with Crippen molar-refractivity contribution in [1.29, 1.82) is 0 Å². The Bertz CT molecular complexity index is 701. The van der Waals surface area contributed by atoms with Crippen LogP contribution in [-0.4, -0.2) is 41.0 Å². The first-order valence-electron chi connectivity index (χ1n) is 7.90. The topological polar surface area (TPSA) is 60.8 Å². The van der Waals surface area contributed by atoms with Gasteiger partial charge in [-0.05, 0) is 62.7 Å². The summed E-state index contributed by atoms with van der Waals surface area (Å²) in [6, 6.07) is 11.9. The number of carbonyl (C=O) groups excluding carboxylic acids is 1. The van der Waals surface area contributed by atoms with Crippen LogP contribution in [0.5, 0.6) is 11.5 Å². The third kappa shape index (κ3) is 3.37. The molecule has 1 aliphatic heterocycles. The minimum atomic E-state index is -0.279. The normalized spacial score (nSPS) is 16.4. The molecule has 1 fully saturated rings. The maximum absolute atomic E-state index is 12.4. The summed E-state index contributed by atoms with van der Waals surface area (Å²) in [5.74, 6) is -0.0961. The summed E-state index contributed by atoms with van der Waals surface area (Å²) in [7, 11) is 2.14. The fourth-order valence-corrected chi connectivity index (χ4v) is 3.08. The predicted octanol–water partition coefficient (Wildman–Crippen LogP) is 3.14. The second-order valence-electron chi connectivity index (χ2n) is 6.23. The molecule has 0 saturated carbocycles. The van der Waals surface area contributed by atoms with Gasteiger partial charge in [0.15, 0.2) is 17.3 Å². The molecule has 0 bridgehead atoms. The zero-order chi connectivity index (χ0) is 16.4. The molecule has 2 aromatic rings. The van der Waals surface area contributed by atoms with Crippen molar-refractivity contribution in [3.8, 4) is 11.5 Å². The lowest BCUT2D eigenvalue weighted by molar-refractivity contribution is 0.103. The van der Waals surface area contributed by atoms with E-state index in [0.29, 0.717) is 17.0 Å². The Hall–Kier alpha value is -2.33. The van der Waals surface area contributed by atoms with Crippen LogP contribution in [0.25, 0.3) is 0 Å². The zero-order valence-corrected chi connectivity index (χ0v) is 13.2. The zero-order valence-electron chi connectivity index (χ0n) is 13.2. The van der Waals surface area contributed by atoms with Crippen molar-refractivity contribution >= 4 is 5.78 Å². The van der Waals surface area contributed by atoms with Crippen LogP contribution >= 0.6 is 0 Å². The second-order valence-corrected chi connectivity index (χ2v) is 6.23. The van der Waals surface area contributed by atoms with E-state index in [4.69, 9.17) is 0 Å². The molecular weight excluding hydrogens is 290 g/mol. The van der Waals surface area contributed by atoms with E-state index >= 15 is 0 Å². The van der Waals surface area contributed by atoms with E-state index in [-0.39, 0.29) is 17.3 Å². The molecule has 4 heteroatoms. The molecule has 0 radical (unpaired) electrons. The van der Waals surface area contributed by atoms with E-state index in [1.165, 1.54) is 23.8 Å². The number of phenolic OH excluding ortho intramolecular Hbond substituents is 2. The highest BCUT2D eigenvalue weighted by molar-refractivity contribution is 6.09. The van der Waals surface area contributed by atoms with Crippen molar-refractivity contribution in [2.24, 2.45) is 0 Å². The first-order chi connectivity index (χ1) is 11.0. The van der Waals surface area contributed by atoms with Crippen LogP contribution in [0.3, 0.4) is 0 Å². The van der Waals surface area contributed by atoms with E-state index in [2.05, 4.69) is 11.9 Å². The number of rotatable bonds is 3. The van der Waals surface area contributed by atoms with E-state index in [1.54, 1.807) is 0 Å². The van der Waals surface area contributed by atoms with Crippen molar-refractivity contribution in [3.05, 3.63) is 59.2 Å². The Morgan fingerprint density at radius 2 is 1.57 bits per heavy atom. The minimum absolute atomic E-state index is 0.157. The Labute approximate surface area is 136 Å². The molecule has 0 unspecified atom stereocenters. The molecule has 23 heavy (non-hydrogen) atoms. The number of carbonyl (C=O) groups is 1. The molecule has 0 spiro atoms. The van der Waals surface area contributed by atoms with Crippen LogP contribution in [0, 0.1) is 0 Å². The first-order valence-corrected chi connectivity index (χ1v) is 7.90. The number of phenols is 2. The standard InChI is InChI=1S/C19H21NO3/c1-20-10-8-14(9-11-20)13-2-4-15(5-3-13)19(23)16-6-7-17(21)18(22)12-16/h2-7,12,14,21-22H,8-11H2,1H3. The Morgan fingerprint density at radius 1 is 0.957 bits per heavy atom. The SMILES string of the molecule is CN1CCC(c2ccc(C(=O)c3ccc(O)c(O)c3)cc2)CC1. The average molecular weight is 311 g/mol. The van der Waals surface area contributed by atoms with Gasteiger partial charge in [0.25, 0.3) is 0 Å². The maximum Gasteiger partial charge on any atom is 0.193 e. The van der Waals surface area contributed by atoms with Crippen LogP contribution in [0.1, 0.15) is 40.2 Å². The molecule has 0 aromatic heterocycles. The molecule has 4 nitrogen and oxygen atoms in total. The van der Waals surface area contributed by atoms with Gasteiger partial charge in [-0.2, -0.15) is 0 Å². The molecule has 1 aliphatic rings. The Morgan fingerprint density at radius 3 is 2.17 bits per heavy atom. The number of piperidine rings is 1. The molecule has 0 amide bonds. The van der Waals surface area contributed by atoms with Crippen LogP contribution in [0.15, 0.2) is 42.5 Å². The number of benzene rings is 2. The molecular formula is C19H21NO3. The molecule has 0 aliphatic carbocycles. The quantitative estimate of drug-likeness (QED) is 0.675. The Kier molecular flexibility index (Phi) is 4.35. The first kappa shape index (κ1) is 15.6. The van der Waals surface area contributed by atoms with Gasteiger partial charge in [0.05, 0.1) is 0 Å². The minimum Gasteiger partial charge on any atom is -0.504 e. The predicted molar refractivity (Wildman–Crippen MR) is 89.1 cm³/mol. The van der Waals surface area contributed by atoms with Crippen LogP contribution in [-0.2, 0) is 0 Å². The molecule has 1 saturated heterocycles. The van der Waals surface area contributed by atoms with E-state index in [1.807, 2.05) is 24.3 Å². The molecule has 2 aromatic carbocycles. The number of likely N-dealkylation sites (tertiary alicyclic amines) is 1.